The molecule has 0 bridgehead atoms. The first-order valence-electron chi connectivity index (χ1n) is 7.02. The highest BCUT2D eigenvalue weighted by Gasteiger charge is 2.14. The molecule has 0 aliphatic rings. The Morgan fingerprint density at radius 2 is 1.86 bits per heavy atom. The fraction of sp³-hybridized carbons (Fsp3) is 0.167. The van der Waals surface area contributed by atoms with Crippen LogP contribution in [0, 0.1) is 0 Å². The zero-order valence-corrected chi connectivity index (χ0v) is 13.8. The van der Waals surface area contributed by atoms with Gasteiger partial charge in [-0.05, 0) is 29.7 Å². The fourth-order valence-corrected chi connectivity index (χ4v) is 2.31. The Kier molecular flexibility index (Phi) is 6.22. The van der Waals surface area contributed by atoms with Crippen molar-refractivity contribution >= 4 is 22.0 Å². The summed E-state index contributed by atoms with van der Waals surface area (Å²) in [5.74, 6) is 0. The Morgan fingerprint density at radius 3 is 2.50 bits per heavy atom. The molecule has 0 heterocycles. The number of hydrogen-bond donors (Lipinski definition) is 1. The first-order chi connectivity index (χ1) is 10.7. The quantitative estimate of drug-likeness (QED) is 0.737. The van der Waals surface area contributed by atoms with Crippen LogP contribution in [0.25, 0.3) is 0 Å². The number of rotatable bonds is 6. The highest BCUT2D eigenvalue weighted by atomic mass is 79.9. The minimum Gasteiger partial charge on any atom is -0.445 e. The maximum atomic E-state index is 12.0. The summed E-state index contributed by atoms with van der Waals surface area (Å²) in [6, 6.07) is 17.3. The number of alkyl carbamates (subject to hydrolysis) is 1. The molecular weight excluding hydrogens is 342 g/mol. The number of carbonyl (C=O) groups excluding carboxylic acids is 1. The van der Waals surface area contributed by atoms with Crippen molar-refractivity contribution in [3.05, 3.63) is 82.9 Å². The van der Waals surface area contributed by atoms with Crippen molar-refractivity contribution in [2.45, 2.75) is 19.1 Å². The summed E-state index contributed by atoms with van der Waals surface area (Å²) in [6.07, 6.45) is 1.99. The molecular formula is C18H18BrNO2. The van der Waals surface area contributed by atoms with Crippen LogP contribution in [0.2, 0.25) is 0 Å². The van der Waals surface area contributed by atoms with E-state index in [0.29, 0.717) is 6.42 Å². The fourth-order valence-electron chi connectivity index (χ4n) is 2.05. The van der Waals surface area contributed by atoms with Gasteiger partial charge in [0.15, 0.2) is 0 Å². The average Bonchev–Trinajstić information content (AvgIpc) is 2.54. The van der Waals surface area contributed by atoms with Crippen molar-refractivity contribution in [2.24, 2.45) is 0 Å². The zero-order chi connectivity index (χ0) is 15.8. The molecule has 0 spiro atoms. The second-order valence-electron chi connectivity index (χ2n) is 4.83. The number of ether oxygens (including phenoxy) is 1. The second-order valence-corrected chi connectivity index (χ2v) is 5.75. The van der Waals surface area contributed by atoms with E-state index in [2.05, 4.69) is 27.8 Å². The van der Waals surface area contributed by atoms with E-state index in [4.69, 9.17) is 4.74 Å². The molecule has 0 aromatic heterocycles. The van der Waals surface area contributed by atoms with Crippen LogP contribution in [0.1, 0.15) is 23.6 Å². The molecule has 0 aliphatic heterocycles. The van der Waals surface area contributed by atoms with Crippen molar-refractivity contribution in [2.75, 3.05) is 0 Å². The molecule has 0 saturated carbocycles. The first-order valence-corrected chi connectivity index (χ1v) is 7.82. The monoisotopic (exact) mass is 359 g/mol. The van der Waals surface area contributed by atoms with Crippen molar-refractivity contribution in [1.29, 1.82) is 0 Å². The lowest BCUT2D eigenvalue weighted by atomic mass is 10.0. The van der Waals surface area contributed by atoms with E-state index in [0.717, 1.165) is 15.6 Å². The van der Waals surface area contributed by atoms with Gasteiger partial charge in [-0.1, -0.05) is 64.5 Å². The topological polar surface area (TPSA) is 38.3 Å². The molecule has 0 fully saturated rings. The number of nitrogens with one attached hydrogen (secondary N) is 1. The number of amides is 1. The highest BCUT2D eigenvalue weighted by molar-refractivity contribution is 9.10. The smallest absolute Gasteiger partial charge is 0.407 e. The summed E-state index contributed by atoms with van der Waals surface area (Å²) in [5, 5.41) is 2.88. The van der Waals surface area contributed by atoms with E-state index in [1.807, 2.05) is 54.6 Å². The van der Waals surface area contributed by atoms with Crippen LogP contribution in [0.5, 0.6) is 0 Å². The second kappa shape index (κ2) is 8.39. The van der Waals surface area contributed by atoms with Crippen molar-refractivity contribution in [1.82, 2.24) is 5.32 Å². The Bertz CT molecular complexity index is 611. The minimum absolute atomic E-state index is 0.145. The molecule has 1 N–H and O–H groups in total. The summed E-state index contributed by atoms with van der Waals surface area (Å²) >= 11 is 3.40. The Hall–Kier alpha value is -2.07. The molecule has 1 atom stereocenters. The van der Waals surface area contributed by atoms with Gasteiger partial charge < -0.3 is 10.1 Å². The predicted octanol–water partition coefficient (Wildman–Crippen LogP) is 4.99. The summed E-state index contributed by atoms with van der Waals surface area (Å²) in [7, 11) is 0. The van der Waals surface area contributed by atoms with Crippen LogP contribution >= 0.6 is 15.9 Å². The molecule has 0 saturated heterocycles. The van der Waals surface area contributed by atoms with Crippen molar-refractivity contribution in [3.63, 3.8) is 0 Å². The first kappa shape index (κ1) is 16.3. The summed E-state index contributed by atoms with van der Waals surface area (Å²) < 4.78 is 6.26. The third-order valence-electron chi connectivity index (χ3n) is 3.18. The number of hydrogen-bond acceptors (Lipinski definition) is 2. The number of benzene rings is 2. The van der Waals surface area contributed by atoms with Gasteiger partial charge in [-0.15, -0.1) is 6.58 Å². The molecule has 1 unspecified atom stereocenters. The van der Waals surface area contributed by atoms with Crippen molar-refractivity contribution < 1.29 is 9.53 Å². The lowest BCUT2D eigenvalue weighted by Crippen LogP contribution is -2.28. The van der Waals surface area contributed by atoms with Crippen LogP contribution in [0.15, 0.2) is 71.7 Å². The third-order valence-corrected chi connectivity index (χ3v) is 3.71. The molecule has 2 aromatic carbocycles. The maximum Gasteiger partial charge on any atom is 0.407 e. The van der Waals surface area contributed by atoms with Gasteiger partial charge in [-0.3, -0.25) is 0 Å². The van der Waals surface area contributed by atoms with E-state index < -0.39 is 6.09 Å². The SMILES string of the molecule is C=CCC(NC(=O)OCc1ccccc1)c1ccc(Br)cc1. The minimum atomic E-state index is -0.432. The standard InChI is InChI=1S/C18H18BrNO2/c1-2-6-17(15-9-11-16(19)12-10-15)20-18(21)22-13-14-7-4-3-5-8-14/h2-5,7-12,17H,1,6,13H2,(H,20,21). The van der Waals surface area contributed by atoms with Gasteiger partial charge in [-0.25, -0.2) is 4.79 Å². The van der Waals surface area contributed by atoms with Gasteiger partial charge in [0, 0.05) is 4.47 Å². The predicted molar refractivity (Wildman–Crippen MR) is 91.5 cm³/mol. The van der Waals surface area contributed by atoms with E-state index in [1.54, 1.807) is 6.08 Å². The molecule has 4 heteroatoms. The molecule has 1 amide bonds. The van der Waals surface area contributed by atoms with Gasteiger partial charge in [0.1, 0.15) is 6.61 Å². The molecule has 2 rings (SSSR count). The van der Waals surface area contributed by atoms with Gasteiger partial charge in [0.05, 0.1) is 6.04 Å². The average molecular weight is 360 g/mol. The number of carbonyl (C=O) groups is 1. The van der Waals surface area contributed by atoms with Crippen LogP contribution < -0.4 is 5.32 Å². The van der Waals surface area contributed by atoms with Crippen LogP contribution in [0.3, 0.4) is 0 Å². The molecule has 0 radical (unpaired) electrons. The van der Waals surface area contributed by atoms with E-state index >= 15 is 0 Å². The van der Waals surface area contributed by atoms with Crippen LogP contribution in [-0.4, -0.2) is 6.09 Å². The normalized spacial score (nSPS) is 11.5. The van der Waals surface area contributed by atoms with Crippen LogP contribution in [-0.2, 0) is 11.3 Å². The van der Waals surface area contributed by atoms with E-state index in [1.165, 1.54) is 0 Å². The third kappa shape index (κ3) is 5.04. The summed E-state index contributed by atoms with van der Waals surface area (Å²) in [5.41, 5.74) is 1.97. The molecule has 114 valence electrons. The van der Waals surface area contributed by atoms with Crippen molar-refractivity contribution in [3.8, 4) is 0 Å². The van der Waals surface area contributed by atoms with Gasteiger partial charge >= 0.3 is 6.09 Å². The summed E-state index contributed by atoms with van der Waals surface area (Å²) in [4.78, 5) is 12.0. The Labute approximate surface area is 139 Å². The van der Waals surface area contributed by atoms with Crippen LogP contribution in [0.4, 0.5) is 4.79 Å². The zero-order valence-electron chi connectivity index (χ0n) is 12.2. The molecule has 3 nitrogen and oxygen atoms in total. The largest absolute Gasteiger partial charge is 0.445 e. The lowest BCUT2D eigenvalue weighted by molar-refractivity contribution is 0.135. The lowest BCUT2D eigenvalue weighted by Gasteiger charge is -2.17. The van der Waals surface area contributed by atoms with Gasteiger partial charge in [-0.2, -0.15) is 0 Å². The Morgan fingerprint density at radius 1 is 1.18 bits per heavy atom. The molecule has 0 aliphatic carbocycles. The van der Waals surface area contributed by atoms with Gasteiger partial charge in [0.25, 0.3) is 0 Å². The molecule has 22 heavy (non-hydrogen) atoms. The number of halogens is 1. The van der Waals surface area contributed by atoms with E-state index in [9.17, 15) is 4.79 Å². The Balaban J connectivity index is 1.94. The summed E-state index contributed by atoms with van der Waals surface area (Å²) in [6.45, 7) is 4.00. The maximum absolute atomic E-state index is 12.0. The van der Waals surface area contributed by atoms with E-state index in [-0.39, 0.29) is 12.6 Å². The van der Waals surface area contributed by atoms with Gasteiger partial charge in [0.2, 0.25) is 0 Å². The molecule has 2 aromatic rings. The highest BCUT2D eigenvalue weighted by Crippen LogP contribution is 2.20.